The van der Waals surface area contributed by atoms with E-state index in [-0.39, 0.29) is 6.61 Å². The fraction of sp³-hybridized carbons (Fsp3) is 0.308. The third-order valence-corrected chi connectivity index (χ3v) is 4.43. The number of rotatable bonds is 6. The lowest BCUT2D eigenvalue weighted by Crippen LogP contribution is -2.26. The summed E-state index contributed by atoms with van der Waals surface area (Å²) in [5, 5.41) is 15.4. The molecule has 0 spiro atoms. The predicted octanol–water partition coefficient (Wildman–Crippen LogP) is 2.45. The zero-order valence-corrected chi connectivity index (χ0v) is 12.0. The van der Waals surface area contributed by atoms with Crippen LogP contribution in [0.25, 0.3) is 4.96 Å². The number of aliphatic hydroxyl groups excluding tert-OH is 1. The van der Waals surface area contributed by atoms with Gasteiger partial charge in [0, 0.05) is 37.4 Å². The maximum atomic E-state index is 9.18. The van der Waals surface area contributed by atoms with Crippen LogP contribution in [0, 0.1) is 0 Å². The summed E-state index contributed by atoms with van der Waals surface area (Å²) in [5.74, 6) is 0. The summed E-state index contributed by atoms with van der Waals surface area (Å²) in [6.45, 7) is 2.47. The van der Waals surface area contributed by atoms with Gasteiger partial charge in [0.05, 0.1) is 12.3 Å². The maximum Gasteiger partial charge on any atom is 0.193 e. The largest absolute Gasteiger partial charge is 0.395 e. The summed E-state index contributed by atoms with van der Waals surface area (Å²) in [7, 11) is 0. The smallest absolute Gasteiger partial charge is 0.193 e. The van der Waals surface area contributed by atoms with Gasteiger partial charge in [0.25, 0.3) is 0 Å². The number of aliphatic hydroxyl groups is 1. The molecule has 3 heterocycles. The van der Waals surface area contributed by atoms with Crippen molar-refractivity contribution in [3.63, 3.8) is 0 Å². The second-order valence-electron chi connectivity index (χ2n) is 4.39. The SMILES string of the molecule is OCCN(Cc1ccsc1)Cc1cn2ccsc2n1. The fourth-order valence-electron chi connectivity index (χ4n) is 2.08. The Morgan fingerprint density at radius 1 is 1.32 bits per heavy atom. The molecule has 4 nitrogen and oxygen atoms in total. The quantitative estimate of drug-likeness (QED) is 0.759. The van der Waals surface area contributed by atoms with Crippen molar-refractivity contribution in [3.05, 3.63) is 45.9 Å². The molecule has 0 aliphatic carbocycles. The first-order valence-corrected chi connectivity index (χ1v) is 7.93. The molecule has 0 aliphatic rings. The van der Waals surface area contributed by atoms with Gasteiger partial charge < -0.3 is 5.11 Å². The van der Waals surface area contributed by atoms with Crippen LogP contribution in [0.5, 0.6) is 0 Å². The lowest BCUT2D eigenvalue weighted by Gasteiger charge is -2.19. The van der Waals surface area contributed by atoms with Crippen LogP contribution in [0.15, 0.2) is 34.6 Å². The predicted molar refractivity (Wildman–Crippen MR) is 78.6 cm³/mol. The van der Waals surface area contributed by atoms with E-state index in [1.807, 2.05) is 16.0 Å². The molecule has 0 bridgehead atoms. The first-order chi connectivity index (χ1) is 9.35. The second kappa shape index (κ2) is 5.83. The third kappa shape index (κ3) is 3.03. The molecule has 6 heteroatoms. The van der Waals surface area contributed by atoms with E-state index in [4.69, 9.17) is 0 Å². The zero-order valence-electron chi connectivity index (χ0n) is 10.4. The molecule has 3 rings (SSSR count). The summed E-state index contributed by atoms with van der Waals surface area (Å²) in [4.78, 5) is 7.82. The van der Waals surface area contributed by atoms with E-state index in [0.29, 0.717) is 6.54 Å². The molecule has 3 aromatic rings. The van der Waals surface area contributed by atoms with Crippen LogP contribution in [0.3, 0.4) is 0 Å². The Morgan fingerprint density at radius 2 is 2.26 bits per heavy atom. The summed E-state index contributed by atoms with van der Waals surface area (Å²) < 4.78 is 2.04. The number of hydrogen-bond donors (Lipinski definition) is 1. The fourth-order valence-corrected chi connectivity index (χ4v) is 3.46. The first-order valence-electron chi connectivity index (χ1n) is 6.10. The third-order valence-electron chi connectivity index (χ3n) is 2.93. The summed E-state index contributed by atoms with van der Waals surface area (Å²) in [6, 6.07) is 2.13. The van der Waals surface area contributed by atoms with E-state index in [1.165, 1.54) is 5.56 Å². The molecule has 0 saturated heterocycles. The van der Waals surface area contributed by atoms with Crippen LogP contribution in [-0.4, -0.2) is 32.5 Å². The average molecular weight is 293 g/mol. The highest BCUT2D eigenvalue weighted by Gasteiger charge is 2.10. The van der Waals surface area contributed by atoms with Crippen molar-refractivity contribution in [1.82, 2.24) is 14.3 Å². The summed E-state index contributed by atoms with van der Waals surface area (Å²) >= 11 is 3.34. The van der Waals surface area contributed by atoms with Crippen molar-refractivity contribution in [1.29, 1.82) is 0 Å². The minimum Gasteiger partial charge on any atom is -0.395 e. The van der Waals surface area contributed by atoms with E-state index in [2.05, 4.69) is 32.9 Å². The molecule has 0 aliphatic heterocycles. The molecule has 0 amide bonds. The van der Waals surface area contributed by atoms with Gasteiger partial charge in [0.1, 0.15) is 0 Å². The number of thiophene rings is 1. The molecule has 0 fully saturated rings. The lowest BCUT2D eigenvalue weighted by molar-refractivity contribution is 0.183. The van der Waals surface area contributed by atoms with Gasteiger partial charge in [-0.05, 0) is 22.4 Å². The normalized spacial score (nSPS) is 11.7. The number of imidazole rings is 1. The molecule has 0 saturated carbocycles. The number of nitrogens with zero attached hydrogens (tertiary/aromatic N) is 3. The second-order valence-corrected chi connectivity index (χ2v) is 6.04. The molecule has 0 aromatic carbocycles. The van der Waals surface area contributed by atoms with Gasteiger partial charge in [-0.1, -0.05) is 0 Å². The Hall–Kier alpha value is -1.21. The van der Waals surface area contributed by atoms with Gasteiger partial charge in [0.15, 0.2) is 4.96 Å². The van der Waals surface area contributed by atoms with Gasteiger partial charge in [-0.3, -0.25) is 9.30 Å². The van der Waals surface area contributed by atoms with E-state index in [0.717, 1.165) is 23.7 Å². The van der Waals surface area contributed by atoms with Crippen LogP contribution in [0.1, 0.15) is 11.3 Å². The summed E-state index contributed by atoms with van der Waals surface area (Å²) in [6.07, 6.45) is 4.08. The average Bonchev–Trinajstić information content (AvgIpc) is 3.05. The van der Waals surface area contributed by atoms with Gasteiger partial charge in [0.2, 0.25) is 0 Å². The molecule has 1 N–H and O–H groups in total. The van der Waals surface area contributed by atoms with Crippen molar-refractivity contribution in [2.24, 2.45) is 0 Å². The topological polar surface area (TPSA) is 40.8 Å². The van der Waals surface area contributed by atoms with Crippen LogP contribution in [0.2, 0.25) is 0 Å². The van der Waals surface area contributed by atoms with Gasteiger partial charge in [-0.15, -0.1) is 11.3 Å². The Bertz CT molecular complexity index is 601. The van der Waals surface area contributed by atoms with Crippen LogP contribution in [0.4, 0.5) is 0 Å². The number of thiazole rings is 1. The molecule has 100 valence electrons. The molecule has 0 unspecified atom stereocenters. The highest BCUT2D eigenvalue weighted by molar-refractivity contribution is 7.15. The lowest BCUT2D eigenvalue weighted by atomic mass is 10.3. The summed E-state index contributed by atoms with van der Waals surface area (Å²) in [5.41, 5.74) is 2.34. The van der Waals surface area contributed by atoms with Crippen molar-refractivity contribution in [2.75, 3.05) is 13.2 Å². The Labute approximate surface area is 119 Å². The zero-order chi connectivity index (χ0) is 13.1. The van der Waals surface area contributed by atoms with Crippen molar-refractivity contribution < 1.29 is 5.11 Å². The van der Waals surface area contributed by atoms with Gasteiger partial charge >= 0.3 is 0 Å². The highest BCUT2D eigenvalue weighted by Crippen LogP contribution is 2.15. The molecule has 3 aromatic heterocycles. The van der Waals surface area contributed by atoms with Crippen molar-refractivity contribution in [3.8, 4) is 0 Å². The van der Waals surface area contributed by atoms with E-state index in [1.54, 1.807) is 22.7 Å². The molecular weight excluding hydrogens is 278 g/mol. The van der Waals surface area contributed by atoms with Crippen LogP contribution >= 0.6 is 22.7 Å². The van der Waals surface area contributed by atoms with Crippen LogP contribution in [-0.2, 0) is 13.1 Å². The Kier molecular flexibility index (Phi) is 3.93. The van der Waals surface area contributed by atoms with Gasteiger partial charge in [-0.2, -0.15) is 11.3 Å². The molecule has 0 atom stereocenters. The maximum absolute atomic E-state index is 9.18. The minimum absolute atomic E-state index is 0.173. The van der Waals surface area contributed by atoms with E-state index < -0.39 is 0 Å². The Morgan fingerprint density at radius 3 is 3.00 bits per heavy atom. The first kappa shape index (κ1) is 12.8. The molecule has 19 heavy (non-hydrogen) atoms. The van der Waals surface area contributed by atoms with Crippen molar-refractivity contribution >= 4 is 27.6 Å². The Balaban J connectivity index is 1.71. The standard InChI is InChI=1S/C13H15N3OS2/c17-4-2-15(7-11-1-5-18-10-11)8-12-9-16-3-6-19-13(16)14-12/h1,3,5-6,9-10,17H,2,4,7-8H2. The minimum atomic E-state index is 0.173. The molecule has 0 radical (unpaired) electrons. The highest BCUT2D eigenvalue weighted by atomic mass is 32.1. The monoisotopic (exact) mass is 293 g/mol. The number of hydrogen-bond acceptors (Lipinski definition) is 5. The van der Waals surface area contributed by atoms with Crippen LogP contribution < -0.4 is 0 Å². The van der Waals surface area contributed by atoms with Crippen molar-refractivity contribution in [2.45, 2.75) is 13.1 Å². The number of fused-ring (bicyclic) bond motifs is 1. The number of aromatic nitrogens is 2. The van der Waals surface area contributed by atoms with Gasteiger partial charge in [-0.25, -0.2) is 4.98 Å². The molecular formula is C13H15N3OS2. The van der Waals surface area contributed by atoms with E-state index in [9.17, 15) is 5.11 Å². The van der Waals surface area contributed by atoms with E-state index >= 15 is 0 Å².